The van der Waals surface area contributed by atoms with Gasteiger partial charge in [0.05, 0.1) is 40.3 Å². The predicted molar refractivity (Wildman–Crippen MR) is 212 cm³/mol. The lowest BCUT2D eigenvalue weighted by atomic mass is 10.1. The van der Waals surface area contributed by atoms with Gasteiger partial charge < -0.3 is 28.6 Å². The van der Waals surface area contributed by atoms with Crippen molar-refractivity contribution >= 4 is 17.9 Å². The van der Waals surface area contributed by atoms with Crippen LogP contribution in [0.3, 0.4) is 0 Å². The zero-order valence-corrected chi connectivity index (χ0v) is 33.4. The molecular formula is C44H73NO7. The summed E-state index contributed by atoms with van der Waals surface area (Å²) in [5.74, 6) is -1.86. The zero-order valence-electron chi connectivity index (χ0n) is 33.4. The molecule has 0 aromatic heterocycles. The summed E-state index contributed by atoms with van der Waals surface area (Å²) in [4.78, 5) is 36.7. The number of carbonyl (C=O) groups is 3. The second kappa shape index (κ2) is 34.8. The van der Waals surface area contributed by atoms with Gasteiger partial charge in [-0.05, 0) is 51.4 Å². The van der Waals surface area contributed by atoms with E-state index in [0.717, 1.165) is 57.8 Å². The number of allylic oxidation sites excluding steroid dienone is 12. The molecule has 0 aliphatic heterocycles. The lowest BCUT2D eigenvalue weighted by molar-refractivity contribution is -0.889. The van der Waals surface area contributed by atoms with Gasteiger partial charge in [-0.1, -0.05) is 138 Å². The molecule has 0 rings (SSSR count). The highest BCUT2D eigenvalue weighted by Crippen LogP contribution is 2.11. The van der Waals surface area contributed by atoms with Crippen molar-refractivity contribution in [2.24, 2.45) is 0 Å². The largest absolute Gasteiger partial charge is 0.544 e. The Labute approximate surface area is 317 Å². The van der Waals surface area contributed by atoms with Crippen molar-refractivity contribution in [1.82, 2.24) is 0 Å². The fourth-order valence-corrected chi connectivity index (χ4v) is 5.31. The lowest BCUT2D eigenvalue weighted by Crippen LogP contribution is -2.55. The van der Waals surface area contributed by atoms with Crippen molar-refractivity contribution in [3.63, 3.8) is 0 Å². The number of rotatable bonds is 34. The van der Waals surface area contributed by atoms with Crippen LogP contribution in [-0.4, -0.2) is 75.5 Å². The van der Waals surface area contributed by atoms with Crippen LogP contribution in [0.15, 0.2) is 72.9 Å². The van der Waals surface area contributed by atoms with E-state index in [0.29, 0.717) is 12.8 Å². The van der Waals surface area contributed by atoms with E-state index in [-0.39, 0.29) is 43.1 Å². The van der Waals surface area contributed by atoms with E-state index in [1.54, 1.807) is 21.1 Å². The first kappa shape index (κ1) is 48.8. The van der Waals surface area contributed by atoms with Crippen LogP contribution in [0.1, 0.15) is 136 Å². The number of hydrogen-bond donors (Lipinski definition) is 0. The molecule has 0 saturated heterocycles. The number of carboxylic acids is 1. The van der Waals surface area contributed by atoms with Crippen molar-refractivity contribution in [3.8, 4) is 0 Å². The van der Waals surface area contributed by atoms with Gasteiger partial charge >= 0.3 is 11.9 Å². The molecule has 0 aromatic carbocycles. The predicted octanol–water partition coefficient (Wildman–Crippen LogP) is 9.07. The summed E-state index contributed by atoms with van der Waals surface area (Å²) in [6, 6.07) is -0.741. The molecule has 0 amide bonds. The lowest BCUT2D eigenvalue weighted by Gasteiger charge is -2.34. The molecule has 2 unspecified atom stereocenters. The molecule has 0 N–H and O–H groups in total. The quantitative estimate of drug-likeness (QED) is 0.0214. The van der Waals surface area contributed by atoms with E-state index >= 15 is 0 Å². The van der Waals surface area contributed by atoms with Crippen molar-refractivity contribution < 1.29 is 38.2 Å². The number of nitrogens with zero attached hydrogens (tertiary/aromatic N) is 1. The average Bonchev–Trinajstić information content (AvgIpc) is 3.09. The average molecular weight is 728 g/mol. The van der Waals surface area contributed by atoms with E-state index in [9.17, 15) is 19.5 Å². The van der Waals surface area contributed by atoms with Gasteiger partial charge in [0.15, 0.2) is 6.10 Å². The third kappa shape index (κ3) is 32.7. The molecule has 0 aliphatic carbocycles. The van der Waals surface area contributed by atoms with E-state index in [1.807, 2.05) is 36.5 Å². The van der Waals surface area contributed by atoms with Crippen LogP contribution in [0.5, 0.6) is 0 Å². The number of likely N-dealkylation sites (N-methyl/N-ethyl adjacent to an activating group) is 1. The molecule has 0 fully saturated rings. The number of carboxylic acid groups (broad SMARTS) is 1. The van der Waals surface area contributed by atoms with Crippen molar-refractivity contribution in [1.29, 1.82) is 0 Å². The van der Waals surface area contributed by atoms with E-state index in [4.69, 9.17) is 14.2 Å². The summed E-state index contributed by atoms with van der Waals surface area (Å²) >= 11 is 0. The van der Waals surface area contributed by atoms with Gasteiger partial charge in [0, 0.05) is 19.3 Å². The van der Waals surface area contributed by atoms with Gasteiger partial charge in [-0.3, -0.25) is 9.59 Å². The van der Waals surface area contributed by atoms with Crippen LogP contribution in [-0.2, 0) is 28.6 Å². The summed E-state index contributed by atoms with van der Waals surface area (Å²) in [5.41, 5.74) is 0. The number of esters is 2. The van der Waals surface area contributed by atoms with E-state index in [2.05, 4.69) is 50.3 Å². The van der Waals surface area contributed by atoms with Crippen LogP contribution in [0.4, 0.5) is 0 Å². The number of aliphatic carboxylic acids is 1. The van der Waals surface area contributed by atoms with Crippen LogP contribution < -0.4 is 5.11 Å². The molecule has 296 valence electrons. The molecule has 0 aliphatic rings. The molecule has 0 spiro atoms. The van der Waals surface area contributed by atoms with E-state index in [1.165, 1.54) is 38.5 Å². The maximum absolute atomic E-state index is 12.6. The first-order chi connectivity index (χ1) is 25.1. The van der Waals surface area contributed by atoms with Crippen LogP contribution in [0.2, 0.25) is 0 Å². The molecule has 0 bridgehead atoms. The Morgan fingerprint density at radius 3 is 1.83 bits per heavy atom. The fraction of sp³-hybridized carbons (Fsp3) is 0.659. The highest BCUT2D eigenvalue weighted by atomic mass is 16.6. The third-order valence-electron chi connectivity index (χ3n) is 8.43. The molecule has 2 atom stereocenters. The van der Waals surface area contributed by atoms with Crippen molar-refractivity contribution in [3.05, 3.63) is 72.9 Å². The number of unbranched alkanes of at least 4 members (excludes halogenated alkanes) is 11. The van der Waals surface area contributed by atoms with Gasteiger partial charge in [0.25, 0.3) is 0 Å². The summed E-state index contributed by atoms with van der Waals surface area (Å²) in [7, 11) is 5.36. The van der Waals surface area contributed by atoms with Gasteiger partial charge in [-0.2, -0.15) is 0 Å². The van der Waals surface area contributed by atoms with Gasteiger partial charge in [0.2, 0.25) is 0 Å². The summed E-state index contributed by atoms with van der Waals surface area (Å²) in [5, 5.41) is 11.6. The van der Waals surface area contributed by atoms with Crippen LogP contribution >= 0.6 is 0 Å². The normalized spacial score (nSPS) is 13.8. The van der Waals surface area contributed by atoms with Crippen LogP contribution in [0.25, 0.3) is 0 Å². The Balaban J connectivity index is 4.53. The molecule has 0 aromatic rings. The van der Waals surface area contributed by atoms with Gasteiger partial charge in [-0.15, -0.1) is 0 Å². The molecule has 52 heavy (non-hydrogen) atoms. The Kier molecular flexibility index (Phi) is 32.7. The molecule has 0 radical (unpaired) electrons. The highest BCUT2D eigenvalue weighted by Gasteiger charge is 2.25. The minimum atomic E-state index is -1.14. The molecule has 0 saturated carbocycles. The maximum Gasteiger partial charge on any atom is 0.306 e. The van der Waals surface area contributed by atoms with Gasteiger partial charge in [0.1, 0.15) is 12.6 Å². The number of carbonyl (C=O) groups excluding carboxylic acids is 3. The first-order valence-corrected chi connectivity index (χ1v) is 20.0. The molecule has 8 heteroatoms. The maximum atomic E-state index is 12.6. The van der Waals surface area contributed by atoms with Crippen molar-refractivity contribution in [2.75, 3.05) is 41.0 Å². The topological polar surface area (TPSA) is 102 Å². The number of ether oxygens (including phenoxy) is 3. The minimum Gasteiger partial charge on any atom is -0.544 e. The Bertz CT molecular complexity index is 1080. The highest BCUT2D eigenvalue weighted by molar-refractivity contribution is 5.70. The smallest absolute Gasteiger partial charge is 0.306 e. The van der Waals surface area contributed by atoms with E-state index < -0.39 is 24.1 Å². The second-order valence-electron chi connectivity index (χ2n) is 14.2. The molecule has 8 nitrogen and oxygen atoms in total. The first-order valence-electron chi connectivity index (χ1n) is 20.0. The Morgan fingerprint density at radius 2 is 1.19 bits per heavy atom. The summed E-state index contributed by atoms with van der Waals surface area (Å²) < 4.78 is 17.0. The van der Waals surface area contributed by atoms with Crippen LogP contribution in [0, 0.1) is 0 Å². The molecule has 0 heterocycles. The Morgan fingerprint density at radius 1 is 0.615 bits per heavy atom. The molecular weight excluding hydrogens is 654 g/mol. The second-order valence-corrected chi connectivity index (χ2v) is 14.2. The summed E-state index contributed by atoms with van der Waals surface area (Å²) in [6.45, 7) is 4.40. The fourth-order valence-electron chi connectivity index (χ4n) is 5.31. The zero-order chi connectivity index (χ0) is 38.5. The SMILES string of the molecule is CC/C=C/C=C/C=C/C=C/CCCCCCCC(=O)OCC(COCCC(C(=O)[O-])[N+](C)(C)C)OC(=O)CC/C=C/C/C=C/CCCCCCCC. The third-order valence-corrected chi connectivity index (χ3v) is 8.43. The summed E-state index contributed by atoms with van der Waals surface area (Å²) in [6.07, 6.45) is 42.2. The number of quaternary nitrogens is 1. The number of hydrogen-bond acceptors (Lipinski definition) is 7. The Hall–Kier alpha value is -3.23. The standard InChI is InChI=1S/C44H73NO7/c1-6-8-10-12-14-16-18-20-21-23-24-26-28-30-32-34-42(46)51-39-40(38-50-37-36-41(44(48)49)45(3,4)5)52-43(47)35-33-31-29-27-25-22-19-17-15-13-11-9-7-2/h8,10,12,14,16,18,20-22,25,29,31,40-41H,6-7,9,11,13,15,17,19,23-24,26-28,30,32-39H2,1-5H3/b10-8+,14-12+,18-16+,21-20+,25-22+,31-29+. The minimum absolute atomic E-state index is 0.00636. The van der Waals surface area contributed by atoms with Gasteiger partial charge in [-0.25, -0.2) is 0 Å². The van der Waals surface area contributed by atoms with Crippen molar-refractivity contribution in [2.45, 2.75) is 148 Å². The monoisotopic (exact) mass is 728 g/mol.